The molecular weight excluding hydrogens is 288 g/mol. The molecule has 0 aliphatic carbocycles. The second-order valence-corrected chi connectivity index (χ2v) is 6.42. The molecule has 0 unspecified atom stereocenters. The minimum Gasteiger partial charge on any atom is -0.372 e. The molecule has 126 valence electrons. The van der Waals surface area contributed by atoms with Crippen LogP contribution in [0.5, 0.6) is 0 Å². The van der Waals surface area contributed by atoms with Gasteiger partial charge in [-0.05, 0) is 43.5 Å². The summed E-state index contributed by atoms with van der Waals surface area (Å²) in [4.78, 5) is 18.7. The van der Waals surface area contributed by atoms with E-state index >= 15 is 0 Å². The molecule has 2 heterocycles. The van der Waals surface area contributed by atoms with Crippen LogP contribution in [0.25, 0.3) is 0 Å². The van der Waals surface area contributed by atoms with Gasteiger partial charge in [-0.15, -0.1) is 0 Å². The smallest absolute Gasteiger partial charge is 0.317 e. The fraction of sp³-hybridized carbons (Fsp3) is 0.611. The number of urea groups is 1. The topological polar surface area (TPSA) is 38.8 Å². The first-order valence-corrected chi connectivity index (χ1v) is 8.90. The average molecular weight is 316 g/mol. The fourth-order valence-electron chi connectivity index (χ4n) is 3.36. The zero-order valence-corrected chi connectivity index (χ0v) is 14.1. The Morgan fingerprint density at radius 2 is 1.43 bits per heavy atom. The van der Waals surface area contributed by atoms with Crippen molar-refractivity contribution in [1.29, 1.82) is 0 Å². The highest BCUT2D eigenvalue weighted by Crippen LogP contribution is 2.24. The summed E-state index contributed by atoms with van der Waals surface area (Å²) in [6.07, 6.45) is 3.60. The van der Waals surface area contributed by atoms with Gasteiger partial charge in [0.25, 0.3) is 0 Å². The molecule has 23 heavy (non-hydrogen) atoms. The Labute approximate surface area is 139 Å². The zero-order chi connectivity index (χ0) is 16.1. The molecule has 5 heteroatoms. The van der Waals surface area contributed by atoms with E-state index < -0.39 is 0 Å². The van der Waals surface area contributed by atoms with Crippen molar-refractivity contribution >= 4 is 17.4 Å². The van der Waals surface area contributed by atoms with Gasteiger partial charge in [0.15, 0.2) is 0 Å². The van der Waals surface area contributed by atoms with Crippen molar-refractivity contribution in [3.63, 3.8) is 0 Å². The normalized spacial score (nSPS) is 18.4. The molecule has 2 saturated heterocycles. The van der Waals surface area contributed by atoms with Gasteiger partial charge < -0.3 is 20.0 Å². The van der Waals surface area contributed by atoms with Crippen molar-refractivity contribution in [1.82, 2.24) is 10.2 Å². The molecule has 1 aromatic carbocycles. The van der Waals surface area contributed by atoms with Crippen molar-refractivity contribution in [3.8, 4) is 0 Å². The summed E-state index contributed by atoms with van der Waals surface area (Å²) in [7, 11) is 0. The van der Waals surface area contributed by atoms with Crippen LogP contribution >= 0.6 is 0 Å². The number of anilines is 2. The van der Waals surface area contributed by atoms with Crippen LogP contribution in [-0.4, -0.2) is 56.7 Å². The summed E-state index contributed by atoms with van der Waals surface area (Å²) >= 11 is 0. The quantitative estimate of drug-likeness (QED) is 0.928. The Balaban J connectivity index is 1.52. The van der Waals surface area contributed by atoms with Crippen molar-refractivity contribution in [2.75, 3.05) is 55.6 Å². The third kappa shape index (κ3) is 3.89. The van der Waals surface area contributed by atoms with Crippen molar-refractivity contribution in [2.45, 2.75) is 26.2 Å². The predicted molar refractivity (Wildman–Crippen MR) is 95.4 cm³/mol. The molecule has 3 rings (SSSR count). The van der Waals surface area contributed by atoms with Crippen LogP contribution in [0.2, 0.25) is 0 Å². The SMILES string of the molecule is CCCNC(=O)N1CCN(c2ccc(N3CCCC3)cc2)CC1. The van der Waals surface area contributed by atoms with Gasteiger partial charge in [0.05, 0.1) is 0 Å². The lowest BCUT2D eigenvalue weighted by Crippen LogP contribution is -2.52. The summed E-state index contributed by atoms with van der Waals surface area (Å²) in [5.41, 5.74) is 2.60. The third-order valence-corrected chi connectivity index (χ3v) is 4.78. The van der Waals surface area contributed by atoms with Crippen LogP contribution in [0.3, 0.4) is 0 Å². The molecule has 0 bridgehead atoms. The Morgan fingerprint density at radius 1 is 0.913 bits per heavy atom. The van der Waals surface area contributed by atoms with E-state index in [1.54, 1.807) is 0 Å². The number of nitrogens with one attached hydrogen (secondary N) is 1. The number of hydrogen-bond donors (Lipinski definition) is 1. The molecule has 5 nitrogen and oxygen atoms in total. The van der Waals surface area contributed by atoms with Crippen LogP contribution in [0.4, 0.5) is 16.2 Å². The largest absolute Gasteiger partial charge is 0.372 e. The first kappa shape index (κ1) is 16.0. The van der Waals surface area contributed by atoms with Gasteiger partial charge in [0, 0.05) is 57.2 Å². The van der Waals surface area contributed by atoms with E-state index in [9.17, 15) is 4.79 Å². The summed E-state index contributed by atoms with van der Waals surface area (Å²) in [6, 6.07) is 9.00. The van der Waals surface area contributed by atoms with Crippen LogP contribution in [0.1, 0.15) is 26.2 Å². The van der Waals surface area contributed by atoms with Gasteiger partial charge in [0.1, 0.15) is 0 Å². The van der Waals surface area contributed by atoms with Crippen molar-refractivity contribution in [3.05, 3.63) is 24.3 Å². The number of carbonyl (C=O) groups excluding carboxylic acids is 1. The van der Waals surface area contributed by atoms with E-state index in [1.165, 1.54) is 37.3 Å². The highest BCUT2D eigenvalue weighted by atomic mass is 16.2. The second kappa shape index (κ2) is 7.57. The van der Waals surface area contributed by atoms with Gasteiger partial charge in [-0.3, -0.25) is 0 Å². The number of amides is 2. The summed E-state index contributed by atoms with van der Waals surface area (Å²) in [5.74, 6) is 0. The number of nitrogens with zero attached hydrogens (tertiary/aromatic N) is 3. The molecule has 1 N–H and O–H groups in total. The molecule has 0 atom stereocenters. The van der Waals surface area contributed by atoms with E-state index in [4.69, 9.17) is 0 Å². The van der Waals surface area contributed by atoms with Crippen LogP contribution in [-0.2, 0) is 0 Å². The number of piperazine rings is 1. The number of hydrogen-bond acceptors (Lipinski definition) is 3. The number of benzene rings is 1. The minimum absolute atomic E-state index is 0.0795. The molecule has 0 aromatic heterocycles. The maximum atomic E-state index is 12.0. The highest BCUT2D eigenvalue weighted by molar-refractivity contribution is 5.74. The molecule has 2 fully saturated rings. The van der Waals surface area contributed by atoms with Gasteiger partial charge >= 0.3 is 6.03 Å². The standard InChI is InChI=1S/C18H28N4O/c1-2-9-19-18(23)22-14-12-21(13-15-22)17-7-5-16(6-8-17)20-10-3-4-11-20/h5-8H,2-4,9-15H2,1H3,(H,19,23). The third-order valence-electron chi connectivity index (χ3n) is 4.78. The number of rotatable bonds is 4. The lowest BCUT2D eigenvalue weighted by atomic mass is 10.2. The van der Waals surface area contributed by atoms with Crippen LogP contribution < -0.4 is 15.1 Å². The lowest BCUT2D eigenvalue weighted by molar-refractivity contribution is 0.194. The summed E-state index contributed by atoms with van der Waals surface area (Å²) < 4.78 is 0. The Kier molecular flexibility index (Phi) is 5.26. The van der Waals surface area contributed by atoms with Gasteiger partial charge in [-0.25, -0.2) is 4.79 Å². The Morgan fingerprint density at radius 3 is 1.96 bits per heavy atom. The molecule has 2 aliphatic heterocycles. The monoisotopic (exact) mass is 316 g/mol. The van der Waals surface area contributed by atoms with Gasteiger partial charge in [-0.1, -0.05) is 6.92 Å². The second-order valence-electron chi connectivity index (χ2n) is 6.42. The Bertz CT molecular complexity index is 502. The van der Waals surface area contributed by atoms with E-state index in [1.807, 2.05) is 4.90 Å². The molecular formula is C18H28N4O. The molecule has 0 saturated carbocycles. The van der Waals surface area contributed by atoms with E-state index in [0.717, 1.165) is 39.1 Å². The maximum absolute atomic E-state index is 12.0. The average Bonchev–Trinajstić information content (AvgIpc) is 3.14. The van der Waals surface area contributed by atoms with E-state index in [2.05, 4.69) is 46.3 Å². The molecule has 0 radical (unpaired) electrons. The number of carbonyl (C=O) groups is 1. The van der Waals surface area contributed by atoms with E-state index in [-0.39, 0.29) is 6.03 Å². The first-order valence-electron chi connectivity index (χ1n) is 8.90. The van der Waals surface area contributed by atoms with Crippen molar-refractivity contribution < 1.29 is 4.79 Å². The molecule has 1 aromatic rings. The maximum Gasteiger partial charge on any atom is 0.317 e. The van der Waals surface area contributed by atoms with Gasteiger partial charge in [-0.2, -0.15) is 0 Å². The van der Waals surface area contributed by atoms with Crippen molar-refractivity contribution in [2.24, 2.45) is 0 Å². The predicted octanol–water partition coefficient (Wildman–Crippen LogP) is 2.53. The van der Waals surface area contributed by atoms with Gasteiger partial charge in [0.2, 0.25) is 0 Å². The minimum atomic E-state index is 0.0795. The Hall–Kier alpha value is -1.91. The first-order chi connectivity index (χ1) is 11.3. The molecule has 2 aliphatic rings. The summed E-state index contributed by atoms with van der Waals surface area (Å²) in [6.45, 7) is 8.61. The molecule has 0 spiro atoms. The van der Waals surface area contributed by atoms with E-state index in [0.29, 0.717) is 0 Å². The van der Waals surface area contributed by atoms with Crippen LogP contribution in [0, 0.1) is 0 Å². The molecule has 2 amide bonds. The fourth-order valence-corrected chi connectivity index (χ4v) is 3.36. The van der Waals surface area contributed by atoms with Crippen LogP contribution in [0.15, 0.2) is 24.3 Å². The zero-order valence-electron chi connectivity index (χ0n) is 14.1. The highest BCUT2D eigenvalue weighted by Gasteiger charge is 2.21. The summed E-state index contributed by atoms with van der Waals surface area (Å²) in [5, 5.41) is 2.96. The lowest BCUT2D eigenvalue weighted by Gasteiger charge is -2.36.